The van der Waals surface area contributed by atoms with E-state index in [4.69, 9.17) is 5.26 Å². The summed E-state index contributed by atoms with van der Waals surface area (Å²) in [6.45, 7) is 6.79. The zero-order valence-electron chi connectivity index (χ0n) is 9.97. The van der Waals surface area contributed by atoms with Crippen LogP contribution >= 0.6 is 15.9 Å². The van der Waals surface area contributed by atoms with Gasteiger partial charge in [0.05, 0.1) is 11.5 Å². The van der Waals surface area contributed by atoms with Crippen molar-refractivity contribution in [3.05, 3.63) is 28.2 Å². The maximum atomic E-state index is 8.90. The Kier molecular flexibility index (Phi) is 4.37. The smallest absolute Gasteiger partial charge is 0.0684 e. The quantitative estimate of drug-likeness (QED) is 0.901. The van der Waals surface area contributed by atoms with Gasteiger partial charge in [-0.05, 0) is 60.8 Å². The van der Waals surface area contributed by atoms with Gasteiger partial charge in [-0.15, -0.1) is 0 Å². The van der Waals surface area contributed by atoms with Crippen LogP contribution in [0.3, 0.4) is 0 Å². The van der Waals surface area contributed by atoms with Crippen LogP contribution in [0.1, 0.15) is 25.8 Å². The Morgan fingerprint density at radius 2 is 2.12 bits per heavy atom. The molecule has 0 aliphatic heterocycles. The molecule has 0 atom stereocenters. The number of anilines is 1. The fourth-order valence-corrected chi connectivity index (χ4v) is 1.73. The number of nitrogens with zero attached hydrogens (tertiary/aromatic N) is 1. The Morgan fingerprint density at radius 3 is 2.75 bits per heavy atom. The van der Waals surface area contributed by atoms with E-state index in [9.17, 15) is 0 Å². The largest absolute Gasteiger partial charge is 0.384 e. The van der Waals surface area contributed by atoms with E-state index in [1.807, 2.05) is 19.9 Å². The van der Waals surface area contributed by atoms with Crippen LogP contribution in [-0.4, -0.2) is 6.54 Å². The van der Waals surface area contributed by atoms with Crippen LogP contribution in [0.4, 0.5) is 5.69 Å². The van der Waals surface area contributed by atoms with Gasteiger partial charge in [-0.3, -0.25) is 0 Å². The van der Waals surface area contributed by atoms with Crippen molar-refractivity contribution in [2.45, 2.75) is 27.2 Å². The summed E-state index contributed by atoms with van der Waals surface area (Å²) in [6, 6.07) is 8.50. The molecule has 0 saturated carbocycles. The van der Waals surface area contributed by atoms with E-state index in [1.165, 1.54) is 5.56 Å². The maximum absolute atomic E-state index is 8.90. The molecule has 0 fully saturated rings. The molecular weight excluding hydrogens is 264 g/mol. The molecule has 16 heavy (non-hydrogen) atoms. The Hall–Kier alpha value is -1.01. The molecule has 0 aliphatic rings. The fourth-order valence-electron chi connectivity index (χ4n) is 1.34. The molecule has 1 aromatic rings. The van der Waals surface area contributed by atoms with E-state index in [0.717, 1.165) is 23.1 Å². The number of nitriles is 1. The number of rotatable bonds is 4. The van der Waals surface area contributed by atoms with E-state index in [1.54, 1.807) is 0 Å². The fraction of sp³-hybridized carbons (Fsp3) is 0.462. The van der Waals surface area contributed by atoms with Gasteiger partial charge in [-0.25, -0.2) is 0 Å². The van der Waals surface area contributed by atoms with Crippen molar-refractivity contribution in [1.29, 1.82) is 5.26 Å². The number of benzene rings is 1. The Bertz CT molecular complexity index is 405. The number of hydrogen-bond donors (Lipinski definition) is 1. The third kappa shape index (κ3) is 3.86. The lowest BCUT2D eigenvalue weighted by Crippen LogP contribution is -2.14. The van der Waals surface area contributed by atoms with E-state index in [-0.39, 0.29) is 5.41 Å². The van der Waals surface area contributed by atoms with E-state index in [0.29, 0.717) is 0 Å². The summed E-state index contributed by atoms with van der Waals surface area (Å²) in [6.07, 6.45) is 0.837. The van der Waals surface area contributed by atoms with Gasteiger partial charge in [-0.1, -0.05) is 6.07 Å². The van der Waals surface area contributed by atoms with Crippen molar-refractivity contribution in [3.8, 4) is 6.07 Å². The summed E-state index contributed by atoms with van der Waals surface area (Å²) >= 11 is 3.50. The minimum absolute atomic E-state index is 0.261. The second kappa shape index (κ2) is 5.36. The monoisotopic (exact) mass is 280 g/mol. The molecule has 0 aliphatic carbocycles. The van der Waals surface area contributed by atoms with Crippen molar-refractivity contribution < 1.29 is 0 Å². The van der Waals surface area contributed by atoms with Crippen LogP contribution in [0.2, 0.25) is 0 Å². The molecule has 3 heteroatoms. The topological polar surface area (TPSA) is 35.8 Å². The predicted octanol–water partition coefficient (Wildman–Crippen LogP) is 4.11. The summed E-state index contributed by atoms with van der Waals surface area (Å²) < 4.78 is 1.06. The lowest BCUT2D eigenvalue weighted by atomic mass is 9.91. The molecule has 0 aromatic heterocycles. The highest BCUT2D eigenvalue weighted by Crippen LogP contribution is 2.24. The van der Waals surface area contributed by atoms with Crippen molar-refractivity contribution >= 4 is 21.6 Å². The summed E-state index contributed by atoms with van der Waals surface area (Å²) in [5.74, 6) is 0. The minimum atomic E-state index is -0.261. The molecule has 0 radical (unpaired) electrons. The SMILES string of the molecule is Cc1ccc(Br)c(NCCC(C)(C)C#N)c1. The number of hydrogen-bond acceptors (Lipinski definition) is 2. The van der Waals surface area contributed by atoms with E-state index in [2.05, 4.69) is 46.4 Å². The first kappa shape index (κ1) is 13.1. The molecule has 0 spiro atoms. The zero-order chi connectivity index (χ0) is 12.2. The van der Waals surface area contributed by atoms with Crippen molar-refractivity contribution in [2.24, 2.45) is 5.41 Å². The van der Waals surface area contributed by atoms with Gasteiger partial charge in [0.1, 0.15) is 0 Å². The lowest BCUT2D eigenvalue weighted by Gasteiger charge is -2.16. The molecule has 0 bridgehead atoms. The Labute approximate surface area is 106 Å². The van der Waals surface area contributed by atoms with Gasteiger partial charge in [0, 0.05) is 16.7 Å². The highest BCUT2D eigenvalue weighted by atomic mass is 79.9. The van der Waals surface area contributed by atoms with Gasteiger partial charge < -0.3 is 5.32 Å². The first-order valence-corrected chi connectivity index (χ1v) is 6.15. The number of nitrogens with one attached hydrogen (secondary N) is 1. The highest BCUT2D eigenvalue weighted by Gasteiger charge is 2.15. The molecule has 1 N–H and O–H groups in total. The first-order chi connectivity index (χ1) is 7.44. The molecule has 1 rings (SSSR count). The molecule has 0 saturated heterocycles. The summed E-state index contributed by atoms with van der Waals surface area (Å²) in [4.78, 5) is 0. The number of halogens is 1. The van der Waals surface area contributed by atoms with Gasteiger partial charge >= 0.3 is 0 Å². The average Bonchev–Trinajstić information content (AvgIpc) is 2.23. The van der Waals surface area contributed by atoms with Crippen LogP contribution in [0.5, 0.6) is 0 Å². The summed E-state index contributed by atoms with van der Waals surface area (Å²) in [7, 11) is 0. The van der Waals surface area contributed by atoms with Gasteiger partial charge in [0.15, 0.2) is 0 Å². The molecule has 1 aromatic carbocycles. The Balaban J connectivity index is 2.56. The summed E-state index contributed by atoms with van der Waals surface area (Å²) in [5, 5.41) is 12.2. The van der Waals surface area contributed by atoms with Gasteiger partial charge in [0.2, 0.25) is 0 Å². The molecule has 0 amide bonds. The van der Waals surface area contributed by atoms with Crippen molar-refractivity contribution in [2.75, 3.05) is 11.9 Å². The van der Waals surface area contributed by atoms with Gasteiger partial charge in [0.25, 0.3) is 0 Å². The van der Waals surface area contributed by atoms with Crippen LogP contribution in [0, 0.1) is 23.7 Å². The standard InChI is InChI=1S/C13H17BrN2/c1-10-4-5-11(14)12(8-10)16-7-6-13(2,3)9-15/h4-5,8,16H,6-7H2,1-3H3. The van der Waals surface area contributed by atoms with Crippen LogP contribution in [0.25, 0.3) is 0 Å². The Morgan fingerprint density at radius 1 is 1.44 bits per heavy atom. The second-order valence-electron chi connectivity index (χ2n) is 4.66. The third-order valence-electron chi connectivity index (χ3n) is 2.49. The zero-order valence-corrected chi connectivity index (χ0v) is 11.6. The average molecular weight is 281 g/mol. The van der Waals surface area contributed by atoms with Crippen molar-refractivity contribution in [1.82, 2.24) is 0 Å². The highest BCUT2D eigenvalue weighted by molar-refractivity contribution is 9.10. The molecule has 2 nitrogen and oxygen atoms in total. The third-order valence-corrected chi connectivity index (χ3v) is 3.18. The summed E-state index contributed by atoms with van der Waals surface area (Å²) in [5.41, 5.74) is 2.06. The first-order valence-electron chi connectivity index (χ1n) is 5.36. The minimum Gasteiger partial charge on any atom is -0.384 e. The maximum Gasteiger partial charge on any atom is 0.0684 e. The number of aryl methyl sites for hydroxylation is 1. The molecule has 0 heterocycles. The van der Waals surface area contributed by atoms with E-state index >= 15 is 0 Å². The molecular formula is C13H17BrN2. The lowest BCUT2D eigenvalue weighted by molar-refractivity contribution is 0.466. The van der Waals surface area contributed by atoms with E-state index < -0.39 is 0 Å². The van der Waals surface area contributed by atoms with Crippen molar-refractivity contribution in [3.63, 3.8) is 0 Å². The van der Waals surface area contributed by atoms with Crippen LogP contribution < -0.4 is 5.32 Å². The molecule has 86 valence electrons. The van der Waals surface area contributed by atoms with Crippen LogP contribution in [0.15, 0.2) is 22.7 Å². The van der Waals surface area contributed by atoms with Crippen LogP contribution in [-0.2, 0) is 0 Å². The second-order valence-corrected chi connectivity index (χ2v) is 5.51. The predicted molar refractivity (Wildman–Crippen MR) is 71.4 cm³/mol. The normalized spacial score (nSPS) is 10.9. The van der Waals surface area contributed by atoms with Gasteiger partial charge in [-0.2, -0.15) is 5.26 Å². The molecule has 0 unspecified atom stereocenters.